The zero-order valence-electron chi connectivity index (χ0n) is 6.73. The van der Waals surface area contributed by atoms with Crippen LogP contribution >= 0.6 is 23.0 Å². The van der Waals surface area contributed by atoms with Crippen LogP contribution in [0.2, 0.25) is 0 Å². The molecule has 0 radical (unpaired) electrons. The molecule has 2 N–H and O–H groups in total. The summed E-state index contributed by atoms with van der Waals surface area (Å²) in [6.07, 6.45) is 0. The molecule has 0 saturated heterocycles. The van der Waals surface area contributed by atoms with Crippen molar-refractivity contribution >= 4 is 34.9 Å². The largest absolute Gasteiger partial charge is 0.478 e. The Hall–Kier alpha value is -1.31. The molecule has 0 bridgehead atoms. The zero-order chi connectivity index (χ0) is 10.7. The minimum atomic E-state index is -1.22. The molecule has 0 atom stereocenters. The van der Waals surface area contributed by atoms with Crippen molar-refractivity contribution in [1.29, 1.82) is 0 Å². The summed E-state index contributed by atoms with van der Waals surface area (Å²) in [5.74, 6) is -2.59. The van der Waals surface area contributed by atoms with E-state index in [-0.39, 0.29) is 16.9 Å². The van der Waals surface area contributed by atoms with E-state index in [1.54, 1.807) is 0 Å². The highest BCUT2D eigenvalue weighted by atomic mass is 127. The van der Waals surface area contributed by atoms with Crippen LogP contribution in [-0.2, 0) is 0 Å². The highest BCUT2D eigenvalue weighted by Crippen LogP contribution is 2.25. The maximum Gasteiger partial charge on any atom is 0.339 e. The van der Waals surface area contributed by atoms with Crippen LogP contribution < -0.4 is 3.07 Å². The van der Waals surface area contributed by atoms with Gasteiger partial charge in [0.2, 0.25) is 0 Å². The monoisotopic (exact) mass is 308 g/mol. The zero-order valence-corrected chi connectivity index (χ0v) is 8.89. The number of halogens is 1. The molecule has 6 heteroatoms. The molecule has 0 unspecified atom stereocenters. The maximum absolute atomic E-state index is 10.7. The third kappa shape index (κ3) is 1.95. The fourth-order valence-corrected chi connectivity index (χ4v) is 1.43. The molecule has 0 aliphatic heterocycles. The lowest BCUT2D eigenvalue weighted by molar-refractivity contribution is 0.0695. The minimum absolute atomic E-state index is 0.145. The van der Waals surface area contributed by atoms with E-state index in [1.165, 1.54) is 41.2 Å². The van der Waals surface area contributed by atoms with Crippen LogP contribution in [0.1, 0.15) is 20.7 Å². The Bertz CT molecular complexity index is 355. The molecule has 0 spiro atoms. The maximum atomic E-state index is 10.7. The molecule has 0 aliphatic carbocycles. The molecule has 0 aliphatic rings. The van der Waals surface area contributed by atoms with Gasteiger partial charge in [0.1, 0.15) is 11.1 Å². The van der Waals surface area contributed by atoms with Gasteiger partial charge in [0.25, 0.3) is 0 Å². The normalized spacial score (nSPS) is 9.50. The van der Waals surface area contributed by atoms with Gasteiger partial charge in [-0.15, -0.1) is 0 Å². The number of carboxylic acids is 2. The fourth-order valence-electron chi connectivity index (χ4n) is 0.957. The molecule has 0 saturated carbocycles. The van der Waals surface area contributed by atoms with Gasteiger partial charge in [-0.05, 0) is 12.1 Å². The number of benzene rings is 1. The van der Waals surface area contributed by atoms with Gasteiger partial charge in [-0.2, -0.15) is 0 Å². The number of carboxylic acid groups (broad SMARTS) is 2. The molecule has 14 heavy (non-hydrogen) atoms. The molecule has 1 aromatic carbocycles. The van der Waals surface area contributed by atoms with Gasteiger partial charge >= 0.3 is 11.9 Å². The first kappa shape index (κ1) is 10.8. The summed E-state index contributed by atoms with van der Waals surface area (Å²) >= 11 is 1.44. The third-order valence-electron chi connectivity index (χ3n) is 1.55. The minimum Gasteiger partial charge on any atom is -0.478 e. The second-order valence-electron chi connectivity index (χ2n) is 2.37. The van der Waals surface area contributed by atoms with Gasteiger partial charge in [-0.25, -0.2) is 9.59 Å². The molecule has 1 aromatic rings. The lowest BCUT2D eigenvalue weighted by Gasteiger charge is -2.05. The van der Waals surface area contributed by atoms with E-state index in [4.69, 9.17) is 13.3 Å². The standard InChI is InChI=1S/C8H5IO5/c9-14-6-4(7(10)11)2-1-3-5(6)8(12)13/h1-3H,(H,10,11)(H,12,13). The Labute approximate surface area is 93.0 Å². The van der Waals surface area contributed by atoms with E-state index < -0.39 is 11.9 Å². The van der Waals surface area contributed by atoms with Crippen molar-refractivity contribution in [2.45, 2.75) is 0 Å². The number of carbonyl (C=O) groups is 2. The molecule has 1 rings (SSSR count). The van der Waals surface area contributed by atoms with Crippen LogP contribution in [-0.4, -0.2) is 22.2 Å². The van der Waals surface area contributed by atoms with Crippen molar-refractivity contribution in [3.63, 3.8) is 0 Å². The van der Waals surface area contributed by atoms with Crippen LogP contribution in [0, 0.1) is 0 Å². The van der Waals surface area contributed by atoms with Crippen molar-refractivity contribution in [3.8, 4) is 5.75 Å². The van der Waals surface area contributed by atoms with Gasteiger partial charge < -0.3 is 13.3 Å². The SMILES string of the molecule is O=C(O)c1cccc(C(=O)O)c1OI. The van der Waals surface area contributed by atoms with Crippen molar-refractivity contribution in [1.82, 2.24) is 0 Å². The predicted octanol–water partition coefficient (Wildman–Crippen LogP) is 1.81. The van der Waals surface area contributed by atoms with Gasteiger partial charge in [0.15, 0.2) is 28.8 Å². The van der Waals surface area contributed by atoms with E-state index in [9.17, 15) is 9.59 Å². The van der Waals surface area contributed by atoms with Crippen LogP contribution in [0.3, 0.4) is 0 Å². The Kier molecular flexibility index (Phi) is 3.28. The first-order valence-corrected chi connectivity index (χ1v) is 4.34. The molecule has 0 amide bonds. The summed E-state index contributed by atoms with van der Waals surface area (Å²) in [7, 11) is 0. The second-order valence-corrected chi connectivity index (χ2v) is 2.81. The quantitative estimate of drug-likeness (QED) is 0.832. The van der Waals surface area contributed by atoms with Crippen molar-refractivity contribution in [2.24, 2.45) is 0 Å². The molecular formula is C8H5IO5. The van der Waals surface area contributed by atoms with E-state index in [2.05, 4.69) is 0 Å². The van der Waals surface area contributed by atoms with Crippen LogP contribution in [0.25, 0.3) is 0 Å². The van der Waals surface area contributed by atoms with Gasteiger partial charge in [-0.3, -0.25) is 0 Å². The average molecular weight is 308 g/mol. The summed E-state index contributed by atoms with van der Waals surface area (Å²) in [6, 6.07) is 3.91. The molecule has 74 valence electrons. The molecular weight excluding hydrogens is 303 g/mol. The smallest absolute Gasteiger partial charge is 0.339 e. The third-order valence-corrected chi connectivity index (χ3v) is 1.99. The Morgan fingerprint density at radius 3 is 1.86 bits per heavy atom. The number of rotatable bonds is 3. The highest BCUT2D eigenvalue weighted by Gasteiger charge is 2.18. The lowest BCUT2D eigenvalue weighted by Crippen LogP contribution is -2.05. The van der Waals surface area contributed by atoms with Crippen LogP contribution in [0.15, 0.2) is 18.2 Å². The summed E-state index contributed by atoms with van der Waals surface area (Å²) < 4.78 is 4.71. The molecule has 0 aromatic heterocycles. The first-order chi connectivity index (χ1) is 6.57. The summed E-state index contributed by atoms with van der Waals surface area (Å²) in [5, 5.41) is 17.5. The van der Waals surface area contributed by atoms with E-state index >= 15 is 0 Å². The molecule has 0 heterocycles. The van der Waals surface area contributed by atoms with Crippen molar-refractivity contribution in [2.75, 3.05) is 0 Å². The van der Waals surface area contributed by atoms with E-state index in [0.29, 0.717) is 0 Å². The number of aromatic carboxylic acids is 2. The molecule has 0 fully saturated rings. The van der Waals surface area contributed by atoms with Crippen molar-refractivity contribution < 1.29 is 22.9 Å². The fraction of sp³-hybridized carbons (Fsp3) is 0. The van der Waals surface area contributed by atoms with Gasteiger partial charge in [0.05, 0.1) is 0 Å². The predicted molar refractivity (Wildman–Crippen MR) is 55.0 cm³/mol. The van der Waals surface area contributed by atoms with E-state index in [0.717, 1.165) is 0 Å². The van der Waals surface area contributed by atoms with Crippen molar-refractivity contribution in [3.05, 3.63) is 29.3 Å². The number of hydrogen-bond donors (Lipinski definition) is 2. The topological polar surface area (TPSA) is 83.8 Å². The Morgan fingerprint density at radius 2 is 1.57 bits per heavy atom. The molecule has 5 nitrogen and oxygen atoms in total. The van der Waals surface area contributed by atoms with Crippen LogP contribution in [0.4, 0.5) is 0 Å². The average Bonchev–Trinajstić information content (AvgIpc) is 2.16. The second kappa shape index (κ2) is 4.27. The van der Waals surface area contributed by atoms with Crippen LogP contribution in [0.5, 0.6) is 5.75 Å². The summed E-state index contributed by atoms with van der Waals surface area (Å²) in [4.78, 5) is 21.4. The Balaban J connectivity index is 3.39. The highest BCUT2D eigenvalue weighted by molar-refractivity contribution is 14.1. The number of para-hydroxylation sites is 1. The first-order valence-electron chi connectivity index (χ1n) is 3.46. The Morgan fingerprint density at radius 1 is 1.14 bits per heavy atom. The summed E-state index contributed by atoms with van der Waals surface area (Å²) in [6.45, 7) is 0. The number of hydrogen-bond acceptors (Lipinski definition) is 3. The van der Waals surface area contributed by atoms with Gasteiger partial charge in [0, 0.05) is 0 Å². The summed E-state index contributed by atoms with van der Waals surface area (Å²) in [5.41, 5.74) is -0.335. The van der Waals surface area contributed by atoms with E-state index in [1.807, 2.05) is 0 Å². The lowest BCUT2D eigenvalue weighted by atomic mass is 10.1. The van der Waals surface area contributed by atoms with Gasteiger partial charge in [-0.1, -0.05) is 6.07 Å².